The molecule has 1 heterocycles. The van der Waals surface area contributed by atoms with E-state index in [0.29, 0.717) is 10.6 Å². The van der Waals surface area contributed by atoms with Crippen LogP contribution in [0.4, 0.5) is 5.69 Å². The molecule has 0 saturated carbocycles. The van der Waals surface area contributed by atoms with E-state index in [4.69, 9.17) is 4.74 Å². The third kappa shape index (κ3) is 4.67. The number of esters is 1. The first-order valence-electron chi connectivity index (χ1n) is 9.23. The second kappa shape index (κ2) is 8.85. The summed E-state index contributed by atoms with van der Waals surface area (Å²) in [4.78, 5) is 25.5. The molecule has 1 N–H and O–H groups in total. The number of rotatable bonds is 6. The summed E-state index contributed by atoms with van der Waals surface area (Å²) in [6.45, 7) is 5.67. The molecule has 0 aliphatic carbocycles. The molecule has 1 atom stereocenters. The third-order valence-corrected chi connectivity index (χ3v) is 5.39. The first-order valence-corrected chi connectivity index (χ1v) is 10.1. The highest BCUT2D eigenvalue weighted by atomic mass is 32.1. The maximum atomic E-state index is 12.6. The van der Waals surface area contributed by atoms with Gasteiger partial charge in [-0.3, -0.25) is 4.79 Å². The minimum absolute atomic E-state index is 0.356. The van der Waals surface area contributed by atoms with Gasteiger partial charge in [0.25, 0.3) is 5.91 Å². The summed E-state index contributed by atoms with van der Waals surface area (Å²) in [7, 11) is 0. The van der Waals surface area contributed by atoms with Gasteiger partial charge in [-0.1, -0.05) is 48.9 Å². The van der Waals surface area contributed by atoms with Crippen LogP contribution in [0.15, 0.2) is 60.0 Å². The van der Waals surface area contributed by atoms with Crippen molar-refractivity contribution in [2.24, 2.45) is 0 Å². The Kier molecular flexibility index (Phi) is 6.26. The number of anilines is 1. The summed E-state index contributed by atoms with van der Waals surface area (Å²) in [6, 6.07) is 17.5. The van der Waals surface area contributed by atoms with E-state index in [-0.39, 0.29) is 5.91 Å². The largest absolute Gasteiger partial charge is 0.448 e. The molecule has 0 aliphatic rings. The van der Waals surface area contributed by atoms with Crippen molar-refractivity contribution in [3.63, 3.8) is 0 Å². The first kappa shape index (κ1) is 19.8. The lowest BCUT2D eigenvalue weighted by atomic mass is 10.1. The van der Waals surface area contributed by atoms with Crippen LogP contribution >= 0.6 is 11.3 Å². The number of amides is 1. The Bertz CT molecular complexity index is 958. The van der Waals surface area contributed by atoms with Crippen molar-refractivity contribution >= 4 is 28.9 Å². The van der Waals surface area contributed by atoms with Crippen molar-refractivity contribution in [1.82, 2.24) is 0 Å². The summed E-state index contributed by atoms with van der Waals surface area (Å²) < 4.78 is 5.42. The highest BCUT2D eigenvalue weighted by Gasteiger charge is 2.22. The fourth-order valence-electron chi connectivity index (χ4n) is 2.76. The van der Waals surface area contributed by atoms with Gasteiger partial charge in [0.05, 0.1) is 0 Å². The number of thiophene rings is 1. The Balaban J connectivity index is 1.66. The number of carbonyl (C=O) groups is 2. The van der Waals surface area contributed by atoms with Gasteiger partial charge in [-0.25, -0.2) is 4.79 Å². The van der Waals surface area contributed by atoms with Gasteiger partial charge in [0, 0.05) is 11.3 Å². The quantitative estimate of drug-likeness (QED) is 0.565. The van der Waals surface area contributed by atoms with Crippen molar-refractivity contribution in [3.05, 3.63) is 76.0 Å². The van der Waals surface area contributed by atoms with Crippen LogP contribution in [0.1, 0.15) is 34.6 Å². The lowest BCUT2D eigenvalue weighted by molar-refractivity contribution is -0.123. The van der Waals surface area contributed by atoms with Gasteiger partial charge in [-0.2, -0.15) is 0 Å². The van der Waals surface area contributed by atoms with Gasteiger partial charge in [0.1, 0.15) is 4.88 Å². The number of hydrogen-bond donors (Lipinski definition) is 1. The lowest BCUT2D eigenvalue weighted by Crippen LogP contribution is -2.29. The zero-order valence-corrected chi connectivity index (χ0v) is 17.0. The Hall–Kier alpha value is -2.92. The summed E-state index contributed by atoms with van der Waals surface area (Å²) in [5.74, 6) is -0.847. The van der Waals surface area contributed by atoms with Crippen LogP contribution in [-0.2, 0) is 16.0 Å². The SMILES string of the molecule is CCc1ccc(NC(=O)[C@@H](C)OC(=O)c2sccc2-c2ccc(C)cc2)cc1. The molecule has 0 fully saturated rings. The number of ether oxygens (including phenoxy) is 1. The first-order chi connectivity index (χ1) is 13.5. The third-order valence-electron chi connectivity index (χ3n) is 4.50. The molecule has 0 spiro atoms. The zero-order chi connectivity index (χ0) is 20.1. The fraction of sp³-hybridized carbons (Fsp3) is 0.217. The molecular formula is C23H23NO3S. The molecule has 4 nitrogen and oxygen atoms in total. The van der Waals surface area contributed by atoms with Crippen LogP contribution in [0.3, 0.4) is 0 Å². The monoisotopic (exact) mass is 393 g/mol. The Morgan fingerprint density at radius 2 is 1.71 bits per heavy atom. The van der Waals surface area contributed by atoms with Gasteiger partial charge in [0.2, 0.25) is 0 Å². The average Bonchev–Trinajstić information content (AvgIpc) is 3.19. The molecule has 3 rings (SSSR count). The van der Waals surface area contributed by atoms with Crippen molar-refractivity contribution in [1.29, 1.82) is 0 Å². The van der Waals surface area contributed by atoms with Crippen LogP contribution < -0.4 is 5.32 Å². The normalized spacial score (nSPS) is 11.7. The van der Waals surface area contributed by atoms with Gasteiger partial charge in [-0.05, 0) is 55.0 Å². The molecule has 0 bridgehead atoms. The van der Waals surface area contributed by atoms with Gasteiger partial charge >= 0.3 is 5.97 Å². The van der Waals surface area contributed by atoms with Crippen molar-refractivity contribution in [2.75, 3.05) is 5.32 Å². The molecule has 2 aromatic carbocycles. The minimum Gasteiger partial charge on any atom is -0.448 e. The van der Waals surface area contributed by atoms with Crippen LogP contribution in [0, 0.1) is 6.92 Å². The summed E-state index contributed by atoms with van der Waals surface area (Å²) >= 11 is 1.31. The number of aryl methyl sites for hydroxylation is 2. The van der Waals surface area contributed by atoms with Crippen LogP contribution in [-0.4, -0.2) is 18.0 Å². The predicted octanol–water partition coefficient (Wildman–Crippen LogP) is 5.47. The van der Waals surface area contributed by atoms with E-state index in [9.17, 15) is 9.59 Å². The van der Waals surface area contributed by atoms with E-state index in [1.54, 1.807) is 6.92 Å². The van der Waals surface area contributed by atoms with E-state index in [1.165, 1.54) is 16.9 Å². The molecular weight excluding hydrogens is 370 g/mol. The summed E-state index contributed by atoms with van der Waals surface area (Å²) in [6.07, 6.45) is 0.0400. The molecule has 5 heteroatoms. The molecule has 1 aromatic heterocycles. The van der Waals surface area contributed by atoms with Gasteiger partial charge < -0.3 is 10.1 Å². The molecule has 0 unspecified atom stereocenters. The molecule has 3 aromatic rings. The standard InChI is InChI=1S/C23H23NO3S/c1-4-17-7-11-19(12-8-17)24-22(25)16(3)27-23(26)21-20(13-14-28-21)18-9-5-15(2)6-10-18/h5-14,16H,4H2,1-3H3,(H,24,25)/t16-/m1/s1. The van der Waals surface area contributed by atoms with E-state index >= 15 is 0 Å². The van der Waals surface area contributed by atoms with Crippen molar-refractivity contribution in [2.45, 2.75) is 33.3 Å². The molecule has 144 valence electrons. The molecule has 0 radical (unpaired) electrons. The molecule has 1 amide bonds. The highest BCUT2D eigenvalue weighted by Crippen LogP contribution is 2.29. The van der Waals surface area contributed by atoms with Gasteiger partial charge in [-0.15, -0.1) is 11.3 Å². The maximum Gasteiger partial charge on any atom is 0.349 e. The topological polar surface area (TPSA) is 55.4 Å². The smallest absolute Gasteiger partial charge is 0.349 e. The summed E-state index contributed by atoms with van der Waals surface area (Å²) in [5, 5.41) is 4.64. The number of benzene rings is 2. The number of carbonyl (C=O) groups excluding carboxylic acids is 2. The molecule has 0 saturated heterocycles. The van der Waals surface area contributed by atoms with Crippen molar-refractivity contribution in [3.8, 4) is 11.1 Å². The minimum atomic E-state index is -0.897. The van der Waals surface area contributed by atoms with E-state index < -0.39 is 12.1 Å². The second-order valence-corrected chi connectivity index (χ2v) is 7.53. The Labute approximate surface area is 169 Å². The second-order valence-electron chi connectivity index (χ2n) is 6.62. The van der Waals surface area contributed by atoms with Crippen LogP contribution in [0.5, 0.6) is 0 Å². The van der Waals surface area contributed by atoms with Crippen LogP contribution in [0.25, 0.3) is 11.1 Å². The zero-order valence-electron chi connectivity index (χ0n) is 16.2. The average molecular weight is 394 g/mol. The molecule has 28 heavy (non-hydrogen) atoms. The summed E-state index contributed by atoms with van der Waals surface area (Å²) in [5.41, 5.74) is 4.80. The Morgan fingerprint density at radius 3 is 2.36 bits per heavy atom. The van der Waals surface area contributed by atoms with Gasteiger partial charge in [0.15, 0.2) is 6.10 Å². The fourth-order valence-corrected chi connectivity index (χ4v) is 3.56. The predicted molar refractivity (Wildman–Crippen MR) is 114 cm³/mol. The van der Waals surface area contributed by atoms with E-state index in [0.717, 1.165) is 23.1 Å². The van der Waals surface area contributed by atoms with Crippen molar-refractivity contribution < 1.29 is 14.3 Å². The Morgan fingerprint density at radius 1 is 1.04 bits per heavy atom. The van der Waals surface area contributed by atoms with E-state index in [1.807, 2.05) is 66.9 Å². The molecule has 0 aliphatic heterocycles. The number of hydrogen-bond acceptors (Lipinski definition) is 4. The lowest BCUT2D eigenvalue weighted by Gasteiger charge is -2.14. The maximum absolute atomic E-state index is 12.6. The van der Waals surface area contributed by atoms with E-state index in [2.05, 4.69) is 12.2 Å². The highest BCUT2D eigenvalue weighted by molar-refractivity contribution is 7.12. The van der Waals surface area contributed by atoms with Crippen LogP contribution in [0.2, 0.25) is 0 Å². The number of nitrogens with one attached hydrogen (secondary N) is 1.